The molecule has 7 heteroatoms. The maximum atomic E-state index is 13.5. The minimum atomic E-state index is -0.879. The van der Waals surface area contributed by atoms with Gasteiger partial charge in [-0.05, 0) is 65.1 Å². The molecule has 0 bridgehead atoms. The zero-order chi connectivity index (χ0) is 23.5. The summed E-state index contributed by atoms with van der Waals surface area (Å²) >= 11 is 9.09. The molecule has 1 saturated heterocycles. The first kappa shape index (κ1) is 23.5. The highest BCUT2D eigenvalue weighted by Gasteiger charge is 2.47. The molecule has 2 N–H and O–H groups in total. The highest BCUT2D eigenvalue weighted by molar-refractivity contribution is 8.01. The van der Waals surface area contributed by atoms with Gasteiger partial charge in [0.1, 0.15) is 5.25 Å². The van der Waals surface area contributed by atoms with Gasteiger partial charge in [0.2, 0.25) is 5.91 Å². The molecule has 1 aliphatic carbocycles. The summed E-state index contributed by atoms with van der Waals surface area (Å²) in [5.74, 6) is -0.372. The summed E-state index contributed by atoms with van der Waals surface area (Å²) in [6.07, 6.45) is 6.37. The molecule has 1 aliphatic heterocycles. The molecule has 5 rings (SSSR count). The number of carbonyl (C=O) groups excluding carboxylic acids is 2. The zero-order valence-electron chi connectivity index (χ0n) is 18.8. The quantitative estimate of drug-likeness (QED) is 0.365. The van der Waals surface area contributed by atoms with Crippen LogP contribution in [0.3, 0.4) is 0 Å². The van der Waals surface area contributed by atoms with Crippen molar-refractivity contribution in [2.45, 2.75) is 60.3 Å². The van der Waals surface area contributed by atoms with E-state index in [1.54, 1.807) is 17.4 Å². The molecule has 2 unspecified atom stereocenters. The van der Waals surface area contributed by atoms with Crippen LogP contribution in [0.15, 0.2) is 70.3 Å². The van der Waals surface area contributed by atoms with E-state index in [9.17, 15) is 9.59 Å². The van der Waals surface area contributed by atoms with Crippen molar-refractivity contribution in [3.05, 3.63) is 81.5 Å². The molecule has 4 nitrogen and oxygen atoms in total. The SMILES string of the molecule is O=C1CC(c2ccsc2)(c2cccc(NC3CCCCC3)c2)NC(=O)C1Sc1ccccc1Cl. The second-order valence-corrected chi connectivity index (χ2v) is 11.4. The van der Waals surface area contributed by atoms with E-state index < -0.39 is 10.8 Å². The number of Topliss-reactive ketones (excluding diaryl/α,β-unsaturated/α-hetero) is 1. The van der Waals surface area contributed by atoms with Crippen LogP contribution in [0.5, 0.6) is 0 Å². The van der Waals surface area contributed by atoms with Crippen LogP contribution in [0.4, 0.5) is 5.69 Å². The summed E-state index contributed by atoms with van der Waals surface area (Å²) < 4.78 is 0. The Balaban J connectivity index is 1.45. The number of anilines is 1. The number of ketones is 1. The van der Waals surface area contributed by atoms with E-state index in [1.807, 2.05) is 47.2 Å². The number of hydrogen-bond acceptors (Lipinski definition) is 5. The van der Waals surface area contributed by atoms with Crippen LogP contribution in [-0.4, -0.2) is 23.0 Å². The molecule has 1 amide bonds. The van der Waals surface area contributed by atoms with Gasteiger partial charge in [-0.1, -0.05) is 55.1 Å². The average Bonchev–Trinajstić information content (AvgIpc) is 3.39. The number of halogens is 1. The second-order valence-electron chi connectivity index (χ2n) is 9.04. The monoisotopic (exact) mass is 510 g/mol. The van der Waals surface area contributed by atoms with Crippen molar-refractivity contribution >= 4 is 52.1 Å². The number of rotatable bonds is 6. The van der Waals surface area contributed by atoms with Gasteiger partial charge in [0.15, 0.2) is 5.78 Å². The van der Waals surface area contributed by atoms with Crippen molar-refractivity contribution in [3.8, 4) is 0 Å². The smallest absolute Gasteiger partial charge is 0.242 e. The zero-order valence-corrected chi connectivity index (χ0v) is 21.1. The van der Waals surface area contributed by atoms with Crippen LogP contribution < -0.4 is 10.6 Å². The lowest BCUT2D eigenvalue weighted by atomic mass is 9.77. The minimum absolute atomic E-state index is 0.0921. The first-order valence-corrected chi connectivity index (χ1v) is 13.9. The fraction of sp³-hybridized carbons (Fsp3) is 0.333. The fourth-order valence-corrected chi connectivity index (χ4v) is 6.96. The Morgan fingerprint density at radius 1 is 1.00 bits per heavy atom. The summed E-state index contributed by atoms with van der Waals surface area (Å²) in [5.41, 5.74) is 2.02. The highest BCUT2D eigenvalue weighted by atomic mass is 35.5. The van der Waals surface area contributed by atoms with E-state index in [2.05, 4.69) is 22.8 Å². The fourth-order valence-electron chi connectivity index (χ4n) is 4.99. The maximum absolute atomic E-state index is 13.5. The lowest BCUT2D eigenvalue weighted by Gasteiger charge is -2.40. The predicted octanol–water partition coefficient (Wildman–Crippen LogP) is 6.64. The van der Waals surface area contributed by atoms with Crippen molar-refractivity contribution < 1.29 is 9.59 Å². The number of benzene rings is 2. The second kappa shape index (κ2) is 10.1. The lowest BCUT2D eigenvalue weighted by molar-refractivity contribution is -0.132. The largest absolute Gasteiger partial charge is 0.382 e. The van der Waals surface area contributed by atoms with Gasteiger partial charge in [-0.15, -0.1) is 11.8 Å². The molecule has 1 aromatic heterocycles. The molecule has 2 atom stereocenters. The molecule has 0 radical (unpaired) electrons. The first-order chi connectivity index (χ1) is 16.5. The summed E-state index contributed by atoms with van der Waals surface area (Å²) in [6, 6.07) is 18.0. The molecule has 3 aromatic rings. The predicted molar refractivity (Wildman–Crippen MR) is 141 cm³/mol. The van der Waals surface area contributed by atoms with Gasteiger partial charge in [-0.3, -0.25) is 9.59 Å². The van der Waals surface area contributed by atoms with Crippen molar-refractivity contribution in [2.24, 2.45) is 0 Å². The first-order valence-electron chi connectivity index (χ1n) is 11.7. The van der Waals surface area contributed by atoms with Crippen molar-refractivity contribution in [2.75, 3.05) is 5.32 Å². The van der Waals surface area contributed by atoms with Crippen LogP contribution in [0.1, 0.15) is 49.7 Å². The molecule has 1 saturated carbocycles. The van der Waals surface area contributed by atoms with Gasteiger partial charge >= 0.3 is 0 Å². The van der Waals surface area contributed by atoms with Gasteiger partial charge < -0.3 is 10.6 Å². The summed E-state index contributed by atoms with van der Waals surface area (Å²) in [4.78, 5) is 27.6. The Morgan fingerprint density at radius 2 is 1.82 bits per heavy atom. The third-order valence-electron chi connectivity index (χ3n) is 6.73. The molecule has 2 aliphatic rings. The molecular weight excluding hydrogens is 484 g/mol. The standard InChI is InChI=1S/C27H27ClN2O2S2/c28-22-11-4-5-12-24(22)34-25-23(31)16-27(30-26(25)32,19-13-14-33-17-19)18-7-6-10-21(15-18)29-20-8-2-1-3-9-20/h4-7,10-15,17,20,25,29H,1-3,8-9,16H2,(H,30,32). The Labute approximate surface area is 213 Å². The number of nitrogens with one attached hydrogen (secondary N) is 2. The molecule has 0 spiro atoms. The van der Waals surface area contributed by atoms with Crippen LogP contribution in [0, 0.1) is 0 Å². The van der Waals surface area contributed by atoms with E-state index in [0.29, 0.717) is 11.1 Å². The molecule has 2 fully saturated rings. The van der Waals surface area contributed by atoms with Gasteiger partial charge in [-0.25, -0.2) is 0 Å². The number of thiophene rings is 1. The Bertz CT molecular complexity index is 1160. The Hall–Kier alpha value is -2.28. The van der Waals surface area contributed by atoms with Crippen LogP contribution in [-0.2, 0) is 15.1 Å². The van der Waals surface area contributed by atoms with Crippen LogP contribution in [0.2, 0.25) is 5.02 Å². The maximum Gasteiger partial charge on any atom is 0.242 e. The summed E-state index contributed by atoms with van der Waals surface area (Å²) in [7, 11) is 0. The topological polar surface area (TPSA) is 58.2 Å². The third kappa shape index (κ3) is 4.77. The Morgan fingerprint density at radius 3 is 2.56 bits per heavy atom. The Kier molecular flexibility index (Phi) is 7.00. The third-order valence-corrected chi connectivity index (χ3v) is 9.18. The molecule has 34 heavy (non-hydrogen) atoms. The average molecular weight is 511 g/mol. The van der Waals surface area contributed by atoms with Crippen LogP contribution >= 0.6 is 34.7 Å². The van der Waals surface area contributed by atoms with Gasteiger partial charge in [-0.2, -0.15) is 11.3 Å². The molecular formula is C27H27ClN2O2S2. The minimum Gasteiger partial charge on any atom is -0.382 e. The van der Waals surface area contributed by atoms with E-state index >= 15 is 0 Å². The number of piperidine rings is 1. The van der Waals surface area contributed by atoms with E-state index in [-0.39, 0.29) is 18.1 Å². The van der Waals surface area contributed by atoms with Crippen molar-refractivity contribution in [3.63, 3.8) is 0 Å². The highest BCUT2D eigenvalue weighted by Crippen LogP contribution is 2.42. The van der Waals surface area contributed by atoms with Crippen molar-refractivity contribution in [1.29, 1.82) is 0 Å². The number of thioether (sulfide) groups is 1. The van der Waals surface area contributed by atoms with Gasteiger partial charge in [0, 0.05) is 23.0 Å². The van der Waals surface area contributed by atoms with Crippen LogP contribution in [0.25, 0.3) is 0 Å². The van der Waals surface area contributed by atoms with Crippen molar-refractivity contribution in [1.82, 2.24) is 5.32 Å². The molecule has 2 aromatic carbocycles. The van der Waals surface area contributed by atoms with Gasteiger partial charge in [0.05, 0.1) is 10.6 Å². The summed E-state index contributed by atoms with van der Waals surface area (Å²) in [6.45, 7) is 0. The normalized spacial score (nSPS) is 23.5. The molecule has 176 valence electrons. The number of amides is 1. The van der Waals surface area contributed by atoms with E-state index in [4.69, 9.17) is 11.6 Å². The lowest BCUT2D eigenvalue weighted by Crippen LogP contribution is -2.58. The van der Waals surface area contributed by atoms with Gasteiger partial charge in [0.25, 0.3) is 0 Å². The summed E-state index contributed by atoms with van der Waals surface area (Å²) in [5, 5.41) is 10.7. The van der Waals surface area contributed by atoms with E-state index in [1.165, 1.54) is 43.9 Å². The number of hydrogen-bond donors (Lipinski definition) is 2. The molecule has 2 heterocycles. The van der Waals surface area contributed by atoms with E-state index in [0.717, 1.165) is 21.7 Å². The number of carbonyl (C=O) groups is 2.